The highest BCUT2D eigenvalue weighted by Gasteiger charge is 2.12. The van der Waals surface area contributed by atoms with Crippen LogP contribution in [0.3, 0.4) is 0 Å². The van der Waals surface area contributed by atoms with E-state index < -0.39 is 0 Å². The third kappa shape index (κ3) is 4.51. The number of quaternary nitrogens is 1. The molecular weight excluding hydrogens is 298 g/mol. The van der Waals surface area contributed by atoms with Crippen LogP contribution in [0.2, 0.25) is 0 Å². The summed E-state index contributed by atoms with van der Waals surface area (Å²) in [4.78, 5) is 17.1. The molecule has 22 heavy (non-hydrogen) atoms. The summed E-state index contributed by atoms with van der Waals surface area (Å²) in [5, 5.41) is 6.07. The molecule has 3 N–H and O–H groups in total. The van der Waals surface area contributed by atoms with Gasteiger partial charge in [0.1, 0.15) is 0 Å². The topological polar surface area (TPSA) is 67.2 Å². The molecule has 1 atom stereocenters. The van der Waals surface area contributed by atoms with Gasteiger partial charge in [0, 0.05) is 12.1 Å². The molecular formula is C15H22N5OS+. The normalized spacial score (nSPS) is 12.1. The molecule has 0 aliphatic carbocycles. The first kappa shape index (κ1) is 16.4. The lowest BCUT2D eigenvalue weighted by molar-refractivity contribution is -0.895. The van der Waals surface area contributed by atoms with Crippen molar-refractivity contribution in [3.05, 3.63) is 35.1 Å². The number of aromatic nitrogens is 3. The fourth-order valence-corrected chi connectivity index (χ4v) is 2.32. The number of nitrogens with zero attached hydrogens (tertiary/aromatic N) is 2. The second-order valence-electron chi connectivity index (χ2n) is 5.29. The van der Waals surface area contributed by atoms with Crippen molar-refractivity contribution in [1.82, 2.24) is 20.1 Å². The van der Waals surface area contributed by atoms with Crippen LogP contribution in [-0.2, 0) is 11.5 Å². The molecule has 6 nitrogen and oxygen atoms in total. The average Bonchev–Trinajstić information content (AvgIpc) is 2.87. The Morgan fingerprint density at radius 1 is 1.41 bits per heavy atom. The lowest BCUT2D eigenvalue weighted by Gasteiger charge is -2.13. The van der Waals surface area contributed by atoms with Crippen LogP contribution in [0.1, 0.15) is 13.3 Å². The largest absolute Gasteiger partial charge is 0.351 e. The highest BCUT2D eigenvalue weighted by atomic mass is 32.1. The van der Waals surface area contributed by atoms with Crippen molar-refractivity contribution in [2.75, 3.05) is 20.1 Å². The van der Waals surface area contributed by atoms with Crippen LogP contribution < -0.4 is 10.2 Å². The fraction of sp³-hybridized carbons (Fsp3) is 0.400. The summed E-state index contributed by atoms with van der Waals surface area (Å²) < 4.78 is 2.28. The lowest BCUT2D eigenvalue weighted by atomic mass is 10.2. The number of rotatable bonds is 7. The number of aromatic amines is 1. The van der Waals surface area contributed by atoms with E-state index in [1.54, 1.807) is 4.68 Å². The first-order valence-electron chi connectivity index (χ1n) is 7.40. The summed E-state index contributed by atoms with van der Waals surface area (Å²) in [7, 11) is 1.95. The molecule has 2 aromatic rings. The minimum absolute atomic E-state index is 0.0497. The van der Waals surface area contributed by atoms with Gasteiger partial charge in [-0.3, -0.25) is 9.89 Å². The number of nitrogens with one attached hydrogen (secondary N) is 3. The molecule has 0 bridgehead atoms. The van der Waals surface area contributed by atoms with Gasteiger partial charge < -0.3 is 10.2 Å². The summed E-state index contributed by atoms with van der Waals surface area (Å²) in [5.41, 5.74) is 0.991. The van der Waals surface area contributed by atoms with E-state index in [1.165, 1.54) is 0 Å². The molecule has 7 heteroatoms. The minimum Gasteiger partial charge on any atom is -0.351 e. The van der Waals surface area contributed by atoms with E-state index in [0.717, 1.165) is 22.7 Å². The molecule has 0 spiro atoms. The average molecular weight is 320 g/mol. The van der Waals surface area contributed by atoms with Crippen molar-refractivity contribution in [3.8, 4) is 11.4 Å². The van der Waals surface area contributed by atoms with Crippen molar-refractivity contribution < 1.29 is 9.69 Å². The summed E-state index contributed by atoms with van der Waals surface area (Å²) in [5.74, 6) is 0.794. The first-order chi connectivity index (χ1) is 10.6. The zero-order valence-electron chi connectivity index (χ0n) is 12.9. The van der Waals surface area contributed by atoms with Crippen molar-refractivity contribution in [1.29, 1.82) is 0 Å². The highest BCUT2D eigenvalue weighted by molar-refractivity contribution is 7.71. The number of hydrogen-bond acceptors (Lipinski definition) is 3. The molecule has 1 unspecified atom stereocenters. The Morgan fingerprint density at radius 3 is 2.82 bits per heavy atom. The van der Waals surface area contributed by atoms with Gasteiger partial charge in [-0.2, -0.15) is 4.98 Å². The van der Waals surface area contributed by atoms with Gasteiger partial charge >= 0.3 is 0 Å². The SMILES string of the molecule is CCCNC(=O)C[NH+](C)Cn1[nH]c(-c2ccccc2)nc1=S. The number of amides is 1. The van der Waals surface area contributed by atoms with Gasteiger partial charge in [-0.05, 0) is 18.6 Å². The molecule has 0 saturated heterocycles. The van der Waals surface area contributed by atoms with E-state index in [0.29, 0.717) is 24.5 Å². The predicted octanol–water partition coefficient (Wildman–Crippen LogP) is 0.606. The third-order valence-electron chi connectivity index (χ3n) is 3.19. The monoisotopic (exact) mass is 320 g/mol. The Morgan fingerprint density at radius 2 is 2.14 bits per heavy atom. The van der Waals surface area contributed by atoms with E-state index in [1.807, 2.05) is 44.3 Å². The van der Waals surface area contributed by atoms with Gasteiger partial charge in [0.2, 0.25) is 4.77 Å². The Hall–Kier alpha value is -1.99. The molecule has 0 fully saturated rings. The van der Waals surface area contributed by atoms with Gasteiger partial charge in [0.05, 0.1) is 7.05 Å². The molecule has 0 saturated carbocycles. The van der Waals surface area contributed by atoms with Crippen molar-refractivity contribution in [2.24, 2.45) is 0 Å². The van der Waals surface area contributed by atoms with Crippen LogP contribution in [0.5, 0.6) is 0 Å². The van der Waals surface area contributed by atoms with Gasteiger partial charge in [-0.1, -0.05) is 37.3 Å². The van der Waals surface area contributed by atoms with E-state index in [-0.39, 0.29) is 5.91 Å². The molecule has 0 aliphatic rings. The van der Waals surface area contributed by atoms with Crippen molar-refractivity contribution >= 4 is 18.1 Å². The smallest absolute Gasteiger partial charge is 0.275 e. The second-order valence-corrected chi connectivity index (χ2v) is 5.66. The summed E-state index contributed by atoms with van der Waals surface area (Å²) in [6.07, 6.45) is 0.941. The van der Waals surface area contributed by atoms with Crippen LogP contribution >= 0.6 is 12.2 Å². The predicted molar refractivity (Wildman–Crippen MR) is 87.9 cm³/mol. The maximum Gasteiger partial charge on any atom is 0.275 e. The maximum atomic E-state index is 11.7. The molecule has 1 amide bonds. The minimum atomic E-state index is 0.0497. The molecule has 1 aromatic heterocycles. The zero-order valence-corrected chi connectivity index (χ0v) is 13.7. The number of carbonyl (C=O) groups excluding carboxylic acids is 1. The third-order valence-corrected chi connectivity index (χ3v) is 3.50. The Labute approximate surface area is 135 Å². The van der Waals surface area contributed by atoms with Crippen LogP contribution in [-0.4, -0.2) is 40.8 Å². The molecule has 1 heterocycles. The second kappa shape index (κ2) is 7.86. The Kier molecular flexibility index (Phi) is 5.85. The number of benzene rings is 1. The van der Waals surface area contributed by atoms with E-state index in [4.69, 9.17) is 12.2 Å². The molecule has 1 aromatic carbocycles. The number of carbonyl (C=O) groups is 1. The van der Waals surface area contributed by atoms with E-state index in [9.17, 15) is 4.79 Å². The Balaban J connectivity index is 2.00. The van der Waals surface area contributed by atoms with E-state index >= 15 is 0 Å². The molecule has 2 rings (SSSR count). The van der Waals surface area contributed by atoms with Crippen LogP contribution in [0.4, 0.5) is 0 Å². The molecule has 0 aliphatic heterocycles. The van der Waals surface area contributed by atoms with Crippen molar-refractivity contribution in [3.63, 3.8) is 0 Å². The number of hydrogen-bond donors (Lipinski definition) is 3. The zero-order chi connectivity index (χ0) is 15.9. The van der Waals surface area contributed by atoms with Crippen LogP contribution in [0, 0.1) is 4.77 Å². The summed E-state index contributed by atoms with van der Waals surface area (Å²) in [6.45, 7) is 3.72. The van der Waals surface area contributed by atoms with Gasteiger partial charge in [-0.25, -0.2) is 4.68 Å². The number of H-pyrrole nitrogens is 1. The van der Waals surface area contributed by atoms with Gasteiger partial charge in [0.25, 0.3) is 5.91 Å². The van der Waals surface area contributed by atoms with Gasteiger partial charge in [-0.15, -0.1) is 0 Å². The first-order valence-corrected chi connectivity index (χ1v) is 7.81. The highest BCUT2D eigenvalue weighted by Crippen LogP contribution is 2.13. The van der Waals surface area contributed by atoms with Gasteiger partial charge in [0.15, 0.2) is 19.0 Å². The molecule has 0 radical (unpaired) electrons. The Bertz CT molecular complexity index is 664. The van der Waals surface area contributed by atoms with Crippen LogP contribution in [0.25, 0.3) is 11.4 Å². The van der Waals surface area contributed by atoms with Crippen LogP contribution in [0.15, 0.2) is 30.3 Å². The standard InChI is InChI=1S/C15H21N5OS/c1-3-9-16-13(21)10-19(2)11-20-15(22)17-14(18-20)12-7-5-4-6-8-12/h4-8H,3,9-11H2,1-2H3,(H,16,21)(H,17,18,22)/p+1. The van der Waals surface area contributed by atoms with E-state index in [2.05, 4.69) is 15.4 Å². The quantitative estimate of drug-likeness (QED) is 0.655. The fourth-order valence-electron chi connectivity index (χ4n) is 2.12. The number of likely N-dealkylation sites (N-methyl/N-ethyl adjacent to an activating group) is 1. The summed E-state index contributed by atoms with van der Waals surface area (Å²) in [6, 6.07) is 9.84. The summed E-state index contributed by atoms with van der Waals surface area (Å²) >= 11 is 5.28. The maximum absolute atomic E-state index is 11.7. The van der Waals surface area contributed by atoms with Crippen molar-refractivity contribution in [2.45, 2.75) is 20.0 Å². The lowest BCUT2D eigenvalue weighted by Crippen LogP contribution is -3.09. The molecule has 118 valence electrons.